The molecule has 0 atom stereocenters. The van der Waals surface area contributed by atoms with Crippen molar-refractivity contribution in [2.24, 2.45) is 4.99 Å². The van der Waals surface area contributed by atoms with Gasteiger partial charge in [-0.05, 0) is 43.0 Å². The Morgan fingerprint density at radius 1 is 1.13 bits per heavy atom. The van der Waals surface area contributed by atoms with Crippen molar-refractivity contribution in [1.29, 1.82) is 0 Å². The van der Waals surface area contributed by atoms with Crippen molar-refractivity contribution in [2.45, 2.75) is 25.2 Å². The number of hydrogen-bond acceptors (Lipinski definition) is 3. The lowest BCUT2D eigenvalue weighted by atomic mass is 9.96. The van der Waals surface area contributed by atoms with E-state index >= 15 is 0 Å². The molecule has 1 fully saturated rings. The van der Waals surface area contributed by atoms with Gasteiger partial charge in [0.2, 0.25) is 10.0 Å². The lowest BCUT2D eigenvalue weighted by Crippen LogP contribution is -2.43. The molecule has 2 aromatic carbocycles. The molecule has 0 aliphatic heterocycles. The number of halogens is 2. The number of anilines is 1. The van der Waals surface area contributed by atoms with Gasteiger partial charge in [-0.3, -0.25) is 9.71 Å². The first-order valence-corrected chi connectivity index (χ1v) is 11.3. The van der Waals surface area contributed by atoms with Crippen LogP contribution in [0.25, 0.3) is 0 Å². The summed E-state index contributed by atoms with van der Waals surface area (Å²) in [5.41, 5.74) is 2.12. The fourth-order valence-electron chi connectivity index (χ4n) is 3.17. The van der Waals surface area contributed by atoms with Crippen molar-refractivity contribution in [3.63, 3.8) is 0 Å². The minimum Gasteiger partial charge on any atom is -0.356 e. The molecule has 1 saturated carbocycles. The second-order valence-electron chi connectivity index (χ2n) is 7.38. The van der Waals surface area contributed by atoms with Crippen molar-refractivity contribution in [3.05, 3.63) is 65.5 Å². The second kappa shape index (κ2) is 10.4. The summed E-state index contributed by atoms with van der Waals surface area (Å²) in [5, 5.41) is 6.32. The van der Waals surface area contributed by atoms with Crippen LogP contribution in [0.3, 0.4) is 0 Å². The number of nitrogens with zero attached hydrogens (tertiary/aromatic N) is 1. The Labute approximate surface area is 194 Å². The van der Waals surface area contributed by atoms with E-state index < -0.39 is 15.8 Å². The van der Waals surface area contributed by atoms with Gasteiger partial charge < -0.3 is 10.6 Å². The molecular formula is C21H28FIN4O2S. The number of benzene rings is 2. The van der Waals surface area contributed by atoms with E-state index in [-0.39, 0.29) is 47.4 Å². The van der Waals surface area contributed by atoms with E-state index in [1.54, 1.807) is 20.0 Å². The molecule has 9 heteroatoms. The minimum absolute atomic E-state index is 0. The van der Waals surface area contributed by atoms with Crippen molar-refractivity contribution in [2.75, 3.05) is 30.6 Å². The fourth-order valence-corrected chi connectivity index (χ4v) is 4.13. The van der Waals surface area contributed by atoms with Crippen LogP contribution in [0.5, 0.6) is 0 Å². The Morgan fingerprint density at radius 2 is 1.83 bits per heavy atom. The molecule has 0 unspecified atom stereocenters. The second-order valence-corrected chi connectivity index (χ2v) is 9.23. The lowest BCUT2D eigenvalue weighted by molar-refractivity contribution is 0.599. The largest absolute Gasteiger partial charge is 0.356 e. The molecule has 30 heavy (non-hydrogen) atoms. The topological polar surface area (TPSA) is 82.6 Å². The molecule has 0 radical (unpaired) electrons. The fraction of sp³-hybridized carbons (Fsp3) is 0.381. The van der Waals surface area contributed by atoms with Crippen LogP contribution in [0.2, 0.25) is 0 Å². The summed E-state index contributed by atoms with van der Waals surface area (Å²) < 4.78 is 40.5. The molecule has 6 nitrogen and oxygen atoms in total. The first-order valence-electron chi connectivity index (χ1n) is 9.60. The Kier molecular flexibility index (Phi) is 8.48. The van der Waals surface area contributed by atoms with Gasteiger partial charge in [0.05, 0.1) is 11.4 Å². The minimum atomic E-state index is -3.60. The summed E-state index contributed by atoms with van der Waals surface area (Å²) >= 11 is 0. The SMILES string of the molecule is CN=C(NCCS(=O)(=O)Nc1ccc(C)c(F)c1)NCC1(c2ccccc2)CC1.I. The zero-order valence-corrected chi connectivity index (χ0v) is 20.3. The third-order valence-corrected chi connectivity index (χ3v) is 6.45. The number of rotatable bonds is 8. The highest BCUT2D eigenvalue weighted by Gasteiger charge is 2.43. The van der Waals surface area contributed by atoms with Crippen molar-refractivity contribution in [3.8, 4) is 0 Å². The van der Waals surface area contributed by atoms with Crippen LogP contribution >= 0.6 is 24.0 Å². The quantitative estimate of drug-likeness (QED) is 0.270. The Balaban J connectivity index is 0.00000320. The predicted octanol–water partition coefficient (Wildman–Crippen LogP) is 3.39. The molecular weight excluding hydrogens is 518 g/mol. The van der Waals surface area contributed by atoms with E-state index in [9.17, 15) is 12.8 Å². The van der Waals surface area contributed by atoms with Crippen LogP contribution in [0.15, 0.2) is 53.5 Å². The molecule has 0 spiro atoms. The smallest absolute Gasteiger partial charge is 0.234 e. The standard InChI is InChI=1S/C21H27FN4O2S.HI/c1-16-8-9-18(14-19(16)22)26-29(27,28)13-12-24-20(23-2)25-15-21(10-11-21)17-6-4-3-5-7-17;/h3-9,14,26H,10-13,15H2,1-2H3,(H2,23,24,25);1H. The van der Waals surface area contributed by atoms with Crippen molar-refractivity contribution < 1.29 is 12.8 Å². The van der Waals surface area contributed by atoms with Crippen LogP contribution < -0.4 is 15.4 Å². The molecule has 0 saturated heterocycles. The molecule has 2 aromatic rings. The normalized spacial score (nSPS) is 15.1. The summed E-state index contributed by atoms with van der Waals surface area (Å²) in [6.45, 7) is 2.55. The molecule has 3 rings (SSSR count). The average molecular weight is 546 g/mol. The molecule has 1 aliphatic rings. The monoisotopic (exact) mass is 546 g/mol. The average Bonchev–Trinajstić information content (AvgIpc) is 3.49. The Morgan fingerprint density at radius 3 is 2.43 bits per heavy atom. The summed E-state index contributed by atoms with van der Waals surface area (Å²) in [7, 11) is -1.95. The van der Waals surface area contributed by atoms with Gasteiger partial charge in [0.25, 0.3) is 0 Å². The number of nitrogens with one attached hydrogen (secondary N) is 3. The zero-order valence-electron chi connectivity index (χ0n) is 17.1. The van der Waals surface area contributed by atoms with Gasteiger partial charge in [-0.15, -0.1) is 24.0 Å². The van der Waals surface area contributed by atoms with Gasteiger partial charge >= 0.3 is 0 Å². The third kappa shape index (κ3) is 6.56. The summed E-state index contributed by atoms with van der Waals surface area (Å²) in [4.78, 5) is 4.17. The maximum absolute atomic E-state index is 13.6. The molecule has 0 bridgehead atoms. The first-order chi connectivity index (χ1) is 13.8. The maximum Gasteiger partial charge on any atom is 0.234 e. The molecule has 0 heterocycles. The molecule has 3 N–H and O–H groups in total. The van der Waals surface area contributed by atoms with Crippen molar-refractivity contribution >= 4 is 45.6 Å². The molecule has 1 aliphatic carbocycles. The van der Waals surface area contributed by atoms with Gasteiger partial charge in [-0.2, -0.15) is 0 Å². The third-order valence-electron chi connectivity index (χ3n) is 5.17. The van der Waals surface area contributed by atoms with E-state index in [1.807, 2.05) is 18.2 Å². The number of guanidine groups is 1. The van der Waals surface area contributed by atoms with Gasteiger partial charge in [-0.1, -0.05) is 36.4 Å². The number of aryl methyl sites for hydroxylation is 1. The maximum atomic E-state index is 13.6. The van der Waals surface area contributed by atoms with E-state index in [2.05, 4.69) is 32.5 Å². The van der Waals surface area contributed by atoms with E-state index in [4.69, 9.17) is 0 Å². The van der Waals surface area contributed by atoms with Gasteiger partial charge in [0.1, 0.15) is 5.82 Å². The molecule has 0 aromatic heterocycles. The molecule has 164 valence electrons. The van der Waals surface area contributed by atoms with Crippen LogP contribution in [-0.2, 0) is 15.4 Å². The highest BCUT2D eigenvalue weighted by molar-refractivity contribution is 14.0. The number of hydrogen-bond donors (Lipinski definition) is 3. The van der Waals surface area contributed by atoms with Gasteiger partial charge in [-0.25, -0.2) is 12.8 Å². The molecule has 0 amide bonds. The first kappa shape index (κ1) is 24.4. The van der Waals surface area contributed by atoms with E-state index in [0.717, 1.165) is 19.4 Å². The van der Waals surface area contributed by atoms with Crippen LogP contribution in [0.1, 0.15) is 24.0 Å². The van der Waals surface area contributed by atoms with E-state index in [1.165, 1.54) is 17.7 Å². The highest BCUT2D eigenvalue weighted by Crippen LogP contribution is 2.47. The van der Waals surface area contributed by atoms with Gasteiger partial charge in [0.15, 0.2) is 5.96 Å². The van der Waals surface area contributed by atoms with E-state index in [0.29, 0.717) is 11.5 Å². The summed E-state index contributed by atoms with van der Waals surface area (Å²) in [6, 6.07) is 14.6. The number of sulfonamides is 1. The summed E-state index contributed by atoms with van der Waals surface area (Å²) in [6.07, 6.45) is 2.23. The lowest BCUT2D eigenvalue weighted by Gasteiger charge is -2.19. The van der Waals surface area contributed by atoms with Gasteiger partial charge in [0, 0.05) is 25.6 Å². The Bertz CT molecular complexity index is 980. The Hall–Kier alpha value is -1.88. The summed E-state index contributed by atoms with van der Waals surface area (Å²) in [5.74, 6) is -0.0448. The predicted molar refractivity (Wildman–Crippen MR) is 131 cm³/mol. The highest BCUT2D eigenvalue weighted by atomic mass is 127. The van der Waals surface area contributed by atoms with Crippen LogP contribution in [0.4, 0.5) is 10.1 Å². The zero-order chi connectivity index (χ0) is 20.9. The van der Waals surface area contributed by atoms with Crippen LogP contribution in [0, 0.1) is 12.7 Å². The van der Waals surface area contributed by atoms with Crippen molar-refractivity contribution in [1.82, 2.24) is 10.6 Å². The van der Waals surface area contributed by atoms with Crippen LogP contribution in [-0.4, -0.2) is 40.3 Å². The number of aliphatic imine (C=N–C) groups is 1.